The first-order valence-electron chi connectivity index (χ1n) is 17.1. The van der Waals surface area contributed by atoms with Gasteiger partial charge in [-0.2, -0.15) is 0 Å². The summed E-state index contributed by atoms with van der Waals surface area (Å²) in [4.78, 5) is 5.25. The third-order valence-electron chi connectivity index (χ3n) is 10.3. The minimum atomic E-state index is -0.480. The number of ether oxygens (including phenoxy) is 1. The summed E-state index contributed by atoms with van der Waals surface area (Å²) < 4.78 is 6.53. The van der Waals surface area contributed by atoms with Crippen LogP contribution in [0.15, 0.2) is 188 Å². The second kappa shape index (κ2) is 11.3. The third kappa shape index (κ3) is 4.32. The van der Waals surface area contributed by atoms with Gasteiger partial charge in [-0.25, -0.2) is 4.98 Å². The van der Waals surface area contributed by atoms with E-state index in [1.807, 2.05) is 0 Å². The zero-order chi connectivity index (χ0) is 33.1. The third-order valence-corrected chi connectivity index (χ3v) is 10.3. The van der Waals surface area contributed by atoms with Gasteiger partial charge in [0, 0.05) is 22.3 Å². The molecule has 0 saturated carbocycles. The minimum absolute atomic E-state index is 0.480. The molecule has 2 nitrogen and oxygen atoms in total. The Bertz CT molecular complexity index is 2520. The molecule has 2 aliphatic rings. The van der Waals surface area contributed by atoms with E-state index in [1.54, 1.807) is 0 Å². The molecule has 234 valence electrons. The lowest BCUT2D eigenvalue weighted by atomic mass is 9.66. The molecular formula is C48H31NO. The van der Waals surface area contributed by atoms with Crippen molar-refractivity contribution < 1.29 is 4.74 Å². The predicted octanol–water partition coefficient (Wildman–Crippen LogP) is 12.2. The molecule has 1 spiro atoms. The Hall–Kier alpha value is -6.51. The second-order valence-electron chi connectivity index (χ2n) is 13.1. The van der Waals surface area contributed by atoms with Crippen LogP contribution in [0.1, 0.15) is 22.3 Å². The molecule has 0 N–H and O–H groups in total. The average molecular weight is 638 g/mol. The van der Waals surface area contributed by atoms with Gasteiger partial charge in [0.1, 0.15) is 11.5 Å². The second-order valence-corrected chi connectivity index (χ2v) is 13.1. The summed E-state index contributed by atoms with van der Waals surface area (Å²) in [7, 11) is 0. The summed E-state index contributed by atoms with van der Waals surface area (Å²) in [6.07, 6.45) is 0. The normalized spacial score (nSPS) is 13.1. The molecule has 2 heterocycles. The van der Waals surface area contributed by atoms with E-state index in [9.17, 15) is 0 Å². The first-order chi connectivity index (χ1) is 24.8. The molecule has 10 rings (SSSR count). The van der Waals surface area contributed by atoms with Gasteiger partial charge in [-0.05, 0) is 80.9 Å². The van der Waals surface area contributed by atoms with Gasteiger partial charge in [-0.1, -0.05) is 152 Å². The van der Waals surface area contributed by atoms with Gasteiger partial charge in [0.15, 0.2) is 0 Å². The summed E-state index contributed by atoms with van der Waals surface area (Å²) >= 11 is 0. The molecule has 0 unspecified atom stereocenters. The molecule has 8 aromatic rings. The van der Waals surface area contributed by atoms with Crippen LogP contribution in [-0.2, 0) is 5.41 Å². The Kier molecular flexibility index (Phi) is 6.43. The number of hydrogen-bond donors (Lipinski definition) is 0. The predicted molar refractivity (Wildman–Crippen MR) is 203 cm³/mol. The number of benzene rings is 7. The summed E-state index contributed by atoms with van der Waals surface area (Å²) in [5.74, 6) is 1.81. The van der Waals surface area contributed by atoms with Gasteiger partial charge in [-0.15, -0.1) is 0 Å². The minimum Gasteiger partial charge on any atom is -0.457 e. The summed E-state index contributed by atoms with van der Waals surface area (Å²) in [5.41, 5.74) is 15.7. The van der Waals surface area contributed by atoms with Crippen LogP contribution < -0.4 is 4.74 Å². The number of rotatable bonds is 4. The van der Waals surface area contributed by atoms with Gasteiger partial charge >= 0.3 is 0 Å². The molecule has 1 aliphatic carbocycles. The Morgan fingerprint density at radius 3 is 1.56 bits per heavy atom. The van der Waals surface area contributed by atoms with Crippen LogP contribution in [0.5, 0.6) is 11.5 Å². The SMILES string of the molecule is c1ccc(-c2cccc(-c3cc(-c4ccc5c(c4)-c4ccccc4C54c5ccccc5Oc5ccccc54)cc(-c4ccccc4)n3)c2)cc1. The largest absolute Gasteiger partial charge is 0.457 e. The van der Waals surface area contributed by atoms with Crippen molar-refractivity contribution in [2.75, 3.05) is 0 Å². The monoisotopic (exact) mass is 637 g/mol. The van der Waals surface area contributed by atoms with Crippen LogP contribution in [0.25, 0.3) is 55.9 Å². The van der Waals surface area contributed by atoms with Gasteiger partial charge < -0.3 is 4.74 Å². The Balaban J connectivity index is 1.19. The van der Waals surface area contributed by atoms with Crippen LogP contribution in [0.2, 0.25) is 0 Å². The van der Waals surface area contributed by atoms with E-state index in [1.165, 1.54) is 44.5 Å². The van der Waals surface area contributed by atoms with Gasteiger partial charge in [0.05, 0.1) is 16.8 Å². The maximum absolute atomic E-state index is 6.53. The smallest absolute Gasteiger partial charge is 0.132 e. The van der Waals surface area contributed by atoms with Crippen molar-refractivity contribution in [1.29, 1.82) is 0 Å². The van der Waals surface area contributed by atoms with Crippen molar-refractivity contribution in [2.45, 2.75) is 5.41 Å². The van der Waals surface area contributed by atoms with Crippen molar-refractivity contribution in [2.24, 2.45) is 0 Å². The Morgan fingerprint density at radius 2 is 0.840 bits per heavy atom. The molecule has 50 heavy (non-hydrogen) atoms. The first-order valence-corrected chi connectivity index (χ1v) is 17.1. The Labute approximate surface area is 292 Å². The molecule has 0 fully saturated rings. The lowest BCUT2D eigenvalue weighted by Gasteiger charge is -2.39. The zero-order valence-electron chi connectivity index (χ0n) is 27.3. The first kappa shape index (κ1) is 28.5. The van der Waals surface area contributed by atoms with Crippen LogP contribution in [0.3, 0.4) is 0 Å². The standard InChI is InChI=1S/C48H31NO/c1-3-14-32(15-4-1)34-18-13-19-36(28-34)45-31-37(30-44(49-45)33-16-5-2-6-17-33)35-26-27-41-39(29-35)38-20-7-8-21-40(38)48(41)42-22-9-11-24-46(42)50-47-25-12-10-23-43(47)48/h1-31H. The zero-order valence-corrected chi connectivity index (χ0v) is 27.3. The molecule has 0 bridgehead atoms. The number of aromatic nitrogens is 1. The van der Waals surface area contributed by atoms with Crippen LogP contribution in [-0.4, -0.2) is 4.98 Å². The van der Waals surface area contributed by atoms with Crippen LogP contribution in [0.4, 0.5) is 0 Å². The van der Waals surface area contributed by atoms with Crippen LogP contribution in [0, 0.1) is 0 Å². The number of hydrogen-bond acceptors (Lipinski definition) is 2. The highest BCUT2D eigenvalue weighted by Crippen LogP contribution is 2.62. The van der Waals surface area contributed by atoms with Crippen molar-refractivity contribution in [3.63, 3.8) is 0 Å². The number of pyridine rings is 1. The molecule has 0 atom stereocenters. The van der Waals surface area contributed by atoms with Gasteiger partial charge in [0.2, 0.25) is 0 Å². The fourth-order valence-corrected chi connectivity index (χ4v) is 8.13. The summed E-state index contributed by atoms with van der Waals surface area (Å²) in [6, 6.07) is 67.2. The quantitative estimate of drug-likeness (QED) is 0.192. The highest BCUT2D eigenvalue weighted by molar-refractivity contribution is 5.91. The van der Waals surface area contributed by atoms with E-state index in [2.05, 4.69) is 188 Å². The highest BCUT2D eigenvalue weighted by Gasteiger charge is 2.50. The van der Waals surface area contributed by atoms with E-state index in [4.69, 9.17) is 9.72 Å². The topological polar surface area (TPSA) is 22.1 Å². The molecule has 1 aromatic heterocycles. The number of nitrogens with zero attached hydrogens (tertiary/aromatic N) is 1. The van der Waals surface area contributed by atoms with E-state index < -0.39 is 5.41 Å². The van der Waals surface area contributed by atoms with Crippen molar-refractivity contribution >= 4 is 0 Å². The van der Waals surface area contributed by atoms with E-state index in [-0.39, 0.29) is 0 Å². The summed E-state index contributed by atoms with van der Waals surface area (Å²) in [5, 5.41) is 0. The number of para-hydroxylation sites is 2. The lowest BCUT2D eigenvalue weighted by molar-refractivity contribution is 0.436. The Morgan fingerprint density at radius 1 is 0.320 bits per heavy atom. The molecule has 1 aliphatic heterocycles. The molecule has 7 aromatic carbocycles. The molecule has 0 radical (unpaired) electrons. The fourth-order valence-electron chi connectivity index (χ4n) is 8.13. The fraction of sp³-hybridized carbons (Fsp3) is 0.0208. The molecule has 2 heteroatoms. The molecule has 0 amide bonds. The van der Waals surface area contributed by atoms with E-state index >= 15 is 0 Å². The van der Waals surface area contributed by atoms with E-state index in [0.29, 0.717) is 0 Å². The maximum atomic E-state index is 6.53. The number of fused-ring (bicyclic) bond motifs is 9. The van der Waals surface area contributed by atoms with E-state index in [0.717, 1.165) is 45.1 Å². The lowest BCUT2D eigenvalue weighted by Crippen LogP contribution is -2.32. The highest BCUT2D eigenvalue weighted by atomic mass is 16.5. The molecular weight excluding hydrogens is 607 g/mol. The van der Waals surface area contributed by atoms with Gasteiger partial charge in [0.25, 0.3) is 0 Å². The van der Waals surface area contributed by atoms with Crippen LogP contribution >= 0.6 is 0 Å². The van der Waals surface area contributed by atoms with Crippen molar-refractivity contribution in [3.05, 3.63) is 210 Å². The molecule has 0 saturated heterocycles. The van der Waals surface area contributed by atoms with Gasteiger partial charge in [-0.3, -0.25) is 0 Å². The summed E-state index contributed by atoms with van der Waals surface area (Å²) in [6.45, 7) is 0. The maximum Gasteiger partial charge on any atom is 0.132 e. The average Bonchev–Trinajstić information content (AvgIpc) is 3.48. The van der Waals surface area contributed by atoms with Crippen molar-refractivity contribution in [3.8, 4) is 67.4 Å². The van der Waals surface area contributed by atoms with Crippen molar-refractivity contribution in [1.82, 2.24) is 4.98 Å².